The van der Waals surface area contributed by atoms with Crippen LogP contribution < -0.4 is 9.47 Å². The third-order valence-corrected chi connectivity index (χ3v) is 2.74. The molecule has 0 bridgehead atoms. The first kappa shape index (κ1) is 15.3. The summed E-state index contributed by atoms with van der Waals surface area (Å²) in [6, 6.07) is 5.23. The number of hydrogen-bond donors (Lipinski definition) is 1. The summed E-state index contributed by atoms with van der Waals surface area (Å²) >= 11 is 0. The Kier molecular flexibility index (Phi) is 5.63. The van der Waals surface area contributed by atoms with Gasteiger partial charge in [-0.25, -0.2) is 0 Å². The van der Waals surface area contributed by atoms with Crippen molar-refractivity contribution in [3.05, 3.63) is 23.8 Å². The van der Waals surface area contributed by atoms with E-state index in [0.717, 1.165) is 0 Å². The Morgan fingerprint density at radius 2 is 2.11 bits per heavy atom. The molecule has 5 heteroatoms. The number of benzene rings is 1. The number of hydrogen-bond acceptors (Lipinski definition) is 4. The van der Waals surface area contributed by atoms with Gasteiger partial charge >= 0.3 is 0 Å². The van der Waals surface area contributed by atoms with Crippen LogP contribution in [0.25, 0.3) is 0 Å². The van der Waals surface area contributed by atoms with E-state index >= 15 is 0 Å². The standard InChI is InChI=1S/C14H21NO4/c1-10(16)12-6-5-11(18-4)9-13(12)19-8-7-14(17)15(2)3/h5-6,9-10,16H,7-8H2,1-4H3/t10-/m0/s1. The lowest BCUT2D eigenvalue weighted by molar-refractivity contribution is -0.129. The van der Waals surface area contributed by atoms with Crippen molar-refractivity contribution in [3.63, 3.8) is 0 Å². The van der Waals surface area contributed by atoms with Crippen molar-refractivity contribution < 1.29 is 19.4 Å². The SMILES string of the molecule is COc1ccc([C@H](C)O)c(OCCC(=O)N(C)C)c1. The van der Waals surface area contributed by atoms with Gasteiger partial charge in [0.15, 0.2) is 0 Å². The summed E-state index contributed by atoms with van der Waals surface area (Å²) in [4.78, 5) is 13.0. The largest absolute Gasteiger partial charge is 0.497 e. The lowest BCUT2D eigenvalue weighted by Crippen LogP contribution is -2.23. The molecule has 1 aromatic rings. The van der Waals surface area contributed by atoms with Crippen LogP contribution in [0, 0.1) is 0 Å². The van der Waals surface area contributed by atoms with E-state index in [1.807, 2.05) is 0 Å². The fraction of sp³-hybridized carbons (Fsp3) is 0.500. The monoisotopic (exact) mass is 267 g/mol. The van der Waals surface area contributed by atoms with Crippen molar-refractivity contribution in [2.75, 3.05) is 27.8 Å². The minimum absolute atomic E-state index is 0.00138. The molecule has 19 heavy (non-hydrogen) atoms. The number of nitrogens with zero attached hydrogens (tertiary/aromatic N) is 1. The van der Waals surface area contributed by atoms with Crippen molar-refractivity contribution >= 4 is 5.91 Å². The van der Waals surface area contributed by atoms with Crippen LogP contribution in [0.2, 0.25) is 0 Å². The van der Waals surface area contributed by atoms with E-state index in [1.165, 1.54) is 4.90 Å². The van der Waals surface area contributed by atoms with E-state index in [0.29, 0.717) is 23.5 Å². The Labute approximate surface area is 113 Å². The maximum absolute atomic E-state index is 11.4. The van der Waals surface area contributed by atoms with Crippen LogP contribution in [0.1, 0.15) is 25.0 Å². The molecule has 0 saturated carbocycles. The summed E-state index contributed by atoms with van der Waals surface area (Å²) in [6.07, 6.45) is -0.339. The third kappa shape index (κ3) is 4.44. The lowest BCUT2D eigenvalue weighted by atomic mass is 10.1. The second kappa shape index (κ2) is 6.99. The number of ether oxygens (including phenoxy) is 2. The minimum Gasteiger partial charge on any atom is -0.497 e. The van der Waals surface area contributed by atoms with E-state index in [2.05, 4.69) is 0 Å². The topological polar surface area (TPSA) is 59.0 Å². The molecule has 1 amide bonds. The van der Waals surface area contributed by atoms with E-state index < -0.39 is 6.10 Å². The summed E-state index contributed by atoms with van der Waals surface area (Å²) in [5.41, 5.74) is 0.679. The highest BCUT2D eigenvalue weighted by atomic mass is 16.5. The van der Waals surface area contributed by atoms with Gasteiger partial charge in [0.25, 0.3) is 0 Å². The summed E-state index contributed by atoms with van der Waals surface area (Å²) in [5.74, 6) is 1.20. The first-order valence-electron chi connectivity index (χ1n) is 6.14. The maximum Gasteiger partial charge on any atom is 0.225 e. The van der Waals surface area contributed by atoms with Crippen molar-refractivity contribution in [1.82, 2.24) is 4.90 Å². The summed E-state index contributed by atoms with van der Waals surface area (Å²) < 4.78 is 10.7. The smallest absolute Gasteiger partial charge is 0.225 e. The van der Waals surface area contributed by atoms with Crippen molar-refractivity contribution in [3.8, 4) is 11.5 Å². The molecule has 0 heterocycles. The van der Waals surface area contributed by atoms with Gasteiger partial charge in [0.05, 0.1) is 26.2 Å². The van der Waals surface area contributed by atoms with Crippen LogP contribution in [0.15, 0.2) is 18.2 Å². The molecule has 1 N–H and O–H groups in total. The summed E-state index contributed by atoms with van der Waals surface area (Å²) in [6.45, 7) is 1.93. The van der Waals surface area contributed by atoms with Crippen molar-refractivity contribution in [2.24, 2.45) is 0 Å². The molecule has 1 aromatic carbocycles. The Morgan fingerprint density at radius 3 is 2.63 bits per heavy atom. The number of carbonyl (C=O) groups excluding carboxylic acids is 1. The number of methoxy groups -OCH3 is 1. The van der Waals surface area contributed by atoms with Gasteiger partial charge in [-0.05, 0) is 19.1 Å². The fourth-order valence-electron chi connectivity index (χ4n) is 1.58. The quantitative estimate of drug-likeness (QED) is 0.850. The first-order valence-corrected chi connectivity index (χ1v) is 6.14. The van der Waals surface area contributed by atoms with Crippen molar-refractivity contribution in [1.29, 1.82) is 0 Å². The number of carbonyl (C=O) groups is 1. The van der Waals surface area contributed by atoms with Gasteiger partial charge in [-0.15, -0.1) is 0 Å². The molecule has 106 valence electrons. The van der Waals surface area contributed by atoms with E-state index in [9.17, 15) is 9.90 Å². The summed E-state index contributed by atoms with van der Waals surface area (Å²) in [7, 11) is 4.97. The zero-order valence-corrected chi connectivity index (χ0v) is 11.8. The van der Waals surface area contributed by atoms with Gasteiger partial charge in [0.1, 0.15) is 11.5 Å². The van der Waals surface area contributed by atoms with Crippen LogP contribution in [0.5, 0.6) is 11.5 Å². The van der Waals surface area contributed by atoms with Crippen LogP contribution in [-0.4, -0.2) is 43.7 Å². The van der Waals surface area contributed by atoms with Crippen LogP contribution in [0.4, 0.5) is 0 Å². The predicted molar refractivity (Wildman–Crippen MR) is 72.4 cm³/mol. The third-order valence-electron chi connectivity index (χ3n) is 2.74. The molecular formula is C14H21NO4. The molecule has 0 fully saturated rings. The minimum atomic E-state index is -0.634. The molecule has 0 aliphatic carbocycles. The van der Waals surface area contributed by atoms with Gasteiger partial charge in [0, 0.05) is 25.7 Å². The molecule has 0 spiro atoms. The lowest BCUT2D eigenvalue weighted by Gasteiger charge is -2.15. The molecule has 0 radical (unpaired) electrons. The van der Waals surface area contributed by atoms with Crippen LogP contribution >= 0.6 is 0 Å². The Morgan fingerprint density at radius 1 is 1.42 bits per heavy atom. The number of aliphatic hydroxyl groups is 1. The van der Waals surface area contributed by atoms with Gasteiger partial charge in [-0.3, -0.25) is 4.79 Å². The number of aliphatic hydroxyl groups excluding tert-OH is 1. The van der Waals surface area contributed by atoms with Crippen LogP contribution in [0.3, 0.4) is 0 Å². The zero-order chi connectivity index (χ0) is 14.4. The molecule has 0 aliphatic rings. The molecule has 1 rings (SSSR count). The molecule has 1 atom stereocenters. The normalized spacial score (nSPS) is 11.8. The molecular weight excluding hydrogens is 246 g/mol. The van der Waals surface area contributed by atoms with E-state index in [-0.39, 0.29) is 12.5 Å². The second-order valence-electron chi connectivity index (χ2n) is 4.47. The molecule has 5 nitrogen and oxygen atoms in total. The van der Waals surface area contributed by atoms with Crippen LogP contribution in [-0.2, 0) is 4.79 Å². The van der Waals surface area contributed by atoms with E-state index in [4.69, 9.17) is 9.47 Å². The predicted octanol–water partition coefficient (Wildman–Crippen LogP) is 1.61. The number of amides is 1. The molecule has 0 aromatic heterocycles. The van der Waals surface area contributed by atoms with Gasteiger partial charge in [-0.2, -0.15) is 0 Å². The number of rotatable bonds is 6. The summed E-state index contributed by atoms with van der Waals surface area (Å²) in [5, 5.41) is 9.67. The average molecular weight is 267 g/mol. The molecule has 0 saturated heterocycles. The molecule has 0 aliphatic heterocycles. The Hall–Kier alpha value is -1.75. The maximum atomic E-state index is 11.4. The second-order valence-corrected chi connectivity index (χ2v) is 4.47. The highest BCUT2D eigenvalue weighted by Crippen LogP contribution is 2.29. The molecule has 0 unspecified atom stereocenters. The highest BCUT2D eigenvalue weighted by Gasteiger charge is 2.11. The van der Waals surface area contributed by atoms with Gasteiger partial charge < -0.3 is 19.5 Å². The highest BCUT2D eigenvalue weighted by molar-refractivity contribution is 5.75. The zero-order valence-electron chi connectivity index (χ0n) is 11.8. The Bertz CT molecular complexity index is 429. The van der Waals surface area contributed by atoms with E-state index in [1.54, 1.807) is 46.3 Å². The Balaban J connectivity index is 2.72. The van der Waals surface area contributed by atoms with Gasteiger partial charge in [-0.1, -0.05) is 0 Å². The average Bonchev–Trinajstić information content (AvgIpc) is 2.37. The first-order chi connectivity index (χ1) is 8.95. The van der Waals surface area contributed by atoms with Crippen molar-refractivity contribution in [2.45, 2.75) is 19.4 Å². The fourth-order valence-corrected chi connectivity index (χ4v) is 1.58. The van der Waals surface area contributed by atoms with Gasteiger partial charge in [0.2, 0.25) is 5.91 Å².